The number of cyclic esters (lactones) is 1. The van der Waals surface area contributed by atoms with Crippen molar-refractivity contribution in [2.24, 2.45) is 0 Å². The highest BCUT2D eigenvalue weighted by Gasteiger charge is 2.32. The molecular weight excluding hydrogens is 314 g/mol. The molecule has 0 aliphatic carbocycles. The number of rotatable bonds is 4. The molecule has 0 saturated carbocycles. The van der Waals surface area contributed by atoms with Gasteiger partial charge >= 0.3 is 11.9 Å². The van der Waals surface area contributed by atoms with Crippen molar-refractivity contribution >= 4 is 28.3 Å². The first kappa shape index (κ1) is 15.6. The van der Waals surface area contributed by atoms with Crippen molar-refractivity contribution in [2.75, 3.05) is 11.9 Å². The monoisotopic (exact) mass is 331 g/mol. The lowest BCUT2D eigenvalue weighted by atomic mass is 10.1. The molecule has 0 bridgehead atoms. The molecule has 5 nitrogen and oxygen atoms in total. The van der Waals surface area contributed by atoms with E-state index in [0.717, 1.165) is 16.0 Å². The number of esters is 2. The third-order valence-corrected chi connectivity index (χ3v) is 4.95. The third kappa shape index (κ3) is 2.70. The van der Waals surface area contributed by atoms with E-state index < -0.39 is 6.23 Å². The van der Waals surface area contributed by atoms with E-state index in [1.807, 2.05) is 26.0 Å². The van der Waals surface area contributed by atoms with Crippen molar-refractivity contribution < 1.29 is 19.1 Å². The molecule has 1 aromatic carbocycles. The lowest BCUT2D eigenvalue weighted by Crippen LogP contribution is -2.13. The minimum absolute atomic E-state index is 0.313. The Balaban J connectivity index is 1.94. The molecule has 0 radical (unpaired) electrons. The Morgan fingerprint density at radius 2 is 2.09 bits per heavy atom. The first-order chi connectivity index (χ1) is 11.0. The van der Waals surface area contributed by atoms with E-state index in [9.17, 15) is 9.59 Å². The van der Waals surface area contributed by atoms with Gasteiger partial charge in [0.15, 0.2) is 0 Å². The summed E-state index contributed by atoms with van der Waals surface area (Å²) in [7, 11) is 0. The summed E-state index contributed by atoms with van der Waals surface area (Å²) in [6, 6.07) is 7.23. The standard InChI is InChI=1S/C17H17NO4S/c1-4-21-17(20)13-9(2)10(3)23-15(13)18-14-11-7-5-6-8-12(11)16(19)22-14/h5-8,14,18H,4H2,1-3H3/t14-/m1/s1. The Hall–Kier alpha value is -2.34. The number of fused-ring (bicyclic) bond motifs is 1. The Kier molecular flexibility index (Phi) is 4.09. The van der Waals surface area contributed by atoms with E-state index in [1.54, 1.807) is 19.1 Å². The molecule has 0 fully saturated rings. The predicted molar refractivity (Wildman–Crippen MR) is 88.0 cm³/mol. The molecule has 0 saturated heterocycles. The number of anilines is 1. The molecule has 2 aromatic rings. The molecule has 0 amide bonds. The zero-order valence-corrected chi connectivity index (χ0v) is 14.0. The van der Waals surface area contributed by atoms with Crippen molar-refractivity contribution in [3.63, 3.8) is 0 Å². The van der Waals surface area contributed by atoms with Crippen LogP contribution in [0.4, 0.5) is 5.00 Å². The summed E-state index contributed by atoms with van der Waals surface area (Å²) in [6.45, 7) is 5.92. The van der Waals surface area contributed by atoms with Crippen molar-refractivity contribution in [1.82, 2.24) is 0 Å². The van der Waals surface area contributed by atoms with Gasteiger partial charge in [-0.3, -0.25) is 0 Å². The first-order valence-electron chi connectivity index (χ1n) is 7.36. The van der Waals surface area contributed by atoms with Crippen LogP contribution in [0, 0.1) is 13.8 Å². The van der Waals surface area contributed by atoms with Gasteiger partial charge < -0.3 is 14.8 Å². The molecule has 1 aliphatic rings. The summed E-state index contributed by atoms with van der Waals surface area (Å²) < 4.78 is 10.5. The van der Waals surface area contributed by atoms with Crippen molar-refractivity contribution in [3.8, 4) is 0 Å². The number of thiophene rings is 1. The van der Waals surface area contributed by atoms with Crippen LogP contribution < -0.4 is 5.32 Å². The van der Waals surface area contributed by atoms with Crippen LogP contribution in [0.15, 0.2) is 24.3 Å². The van der Waals surface area contributed by atoms with E-state index in [0.29, 0.717) is 22.7 Å². The van der Waals surface area contributed by atoms with Gasteiger partial charge in [0.1, 0.15) is 5.00 Å². The number of benzene rings is 1. The first-order valence-corrected chi connectivity index (χ1v) is 8.18. The maximum atomic E-state index is 12.2. The number of hydrogen-bond acceptors (Lipinski definition) is 6. The second-order valence-corrected chi connectivity index (χ2v) is 6.45. The van der Waals surface area contributed by atoms with Gasteiger partial charge in [0, 0.05) is 10.4 Å². The zero-order chi connectivity index (χ0) is 16.6. The van der Waals surface area contributed by atoms with Crippen LogP contribution in [-0.4, -0.2) is 18.5 Å². The molecule has 6 heteroatoms. The van der Waals surface area contributed by atoms with Crippen LogP contribution >= 0.6 is 11.3 Å². The minimum Gasteiger partial charge on any atom is -0.462 e. The number of nitrogens with one attached hydrogen (secondary N) is 1. The fourth-order valence-electron chi connectivity index (χ4n) is 2.55. The lowest BCUT2D eigenvalue weighted by molar-refractivity contribution is 0.0437. The number of ether oxygens (including phenoxy) is 2. The van der Waals surface area contributed by atoms with Gasteiger partial charge in [-0.2, -0.15) is 0 Å². The van der Waals surface area contributed by atoms with Gasteiger partial charge in [-0.05, 0) is 32.4 Å². The number of aryl methyl sites for hydroxylation is 1. The molecule has 0 spiro atoms. The van der Waals surface area contributed by atoms with Gasteiger partial charge in [-0.25, -0.2) is 9.59 Å². The third-order valence-electron chi connectivity index (χ3n) is 3.82. The lowest BCUT2D eigenvalue weighted by Gasteiger charge is -2.14. The van der Waals surface area contributed by atoms with Crippen LogP contribution in [0.2, 0.25) is 0 Å². The van der Waals surface area contributed by atoms with Crippen molar-refractivity contribution in [2.45, 2.75) is 27.0 Å². The maximum Gasteiger partial charge on any atom is 0.341 e. The van der Waals surface area contributed by atoms with E-state index in [1.165, 1.54) is 11.3 Å². The fourth-order valence-corrected chi connectivity index (χ4v) is 3.62. The van der Waals surface area contributed by atoms with Crippen LogP contribution in [0.1, 0.15) is 49.9 Å². The van der Waals surface area contributed by atoms with Crippen molar-refractivity contribution in [1.29, 1.82) is 0 Å². The Bertz CT molecular complexity index is 781. The second kappa shape index (κ2) is 6.04. The van der Waals surface area contributed by atoms with Crippen LogP contribution in [0.3, 0.4) is 0 Å². The van der Waals surface area contributed by atoms with Gasteiger partial charge in [0.05, 0.1) is 17.7 Å². The normalized spacial score (nSPS) is 16.0. The van der Waals surface area contributed by atoms with Gasteiger partial charge in [0.25, 0.3) is 0 Å². The summed E-state index contributed by atoms with van der Waals surface area (Å²) in [6.07, 6.45) is -0.593. The van der Waals surface area contributed by atoms with Gasteiger partial charge in [-0.15, -0.1) is 11.3 Å². The molecule has 1 N–H and O–H groups in total. The highest BCUT2D eigenvalue weighted by atomic mass is 32.1. The summed E-state index contributed by atoms with van der Waals surface area (Å²) in [5.41, 5.74) is 2.71. The Morgan fingerprint density at radius 3 is 2.83 bits per heavy atom. The average molecular weight is 331 g/mol. The van der Waals surface area contributed by atoms with Crippen LogP contribution in [0.25, 0.3) is 0 Å². The number of hydrogen-bond donors (Lipinski definition) is 1. The molecule has 120 valence electrons. The zero-order valence-electron chi connectivity index (χ0n) is 13.1. The molecule has 1 atom stereocenters. The second-order valence-electron chi connectivity index (χ2n) is 5.22. The fraction of sp³-hybridized carbons (Fsp3) is 0.294. The largest absolute Gasteiger partial charge is 0.462 e. The van der Waals surface area contributed by atoms with Crippen LogP contribution in [0.5, 0.6) is 0 Å². The van der Waals surface area contributed by atoms with E-state index in [4.69, 9.17) is 9.47 Å². The van der Waals surface area contributed by atoms with Crippen molar-refractivity contribution in [3.05, 3.63) is 51.4 Å². The summed E-state index contributed by atoms with van der Waals surface area (Å²) in [5.74, 6) is -0.727. The quantitative estimate of drug-likeness (QED) is 0.863. The average Bonchev–Trinajstić information content (AvgIpc) is 2.98. The summed E-state index contributed by atoms with van der Waals surface area (Å²) >= 11 is 1.45. The molecule has 3 rings (SSSR count). The smallest absolute Gasteiger partial charge is 0.341 e. The highest BCUT2D eigenvalue weighted by Crippen LogP contribution is 2.38. The molecule has 1 aliphatic heterocycles. The molecule has 1 aromatic heterocycles. The Morgan fingerprint density at radius 1 is 1.35 bits per heavy atom. The number of carbonyl (C=O) groups is 2. The molecule has 2 heterocycles. The highest BCUT2D eigenvalue weighted by molar-refractivity contribution is 7.16. The maximum absolute atomic E-state index is 12.2. The summed E-state index contributed by atoms with van der Waals surface area (Å²) in [4.78, 5) is 25.2. The topological polar surface area (TPSA) is 64.6 Å². The molecule has 0 unspecified atom stereocenters. The number of carbonyl (C=O) groups excluding carboxylic acids is 2. The van der Waals surface area contributed by atoms with E-state index >= 15 is 0 Å². The minimum atomic E-state index is -0.593. The Labute approximate surface area is 138 Å². The van der Waals surface area contributed by atoms with E-state index in [-0.39, 0.29) is 11.9 Å². The van der Waals surface area contributed by atoms with Crippen LogP contribution in [-0.2, 0) is 9.47 Å². The van der Waals surface area contributed by atoms with Gasteiger partial charge in [0.2, 0.25) is 6.23 Å². The van der Waals surface area contributed by atoms with E-state index in [2.05, 4.69) is 5.32 Å². The SMILES string of the molecule is CCOC(=O)c1c(N[C@@H]2OC(=O)c3ccccc32)sc(C)c1C. The molecular formula is C17H17NO4S. The predicted octanol–water partition coefficient (Wildman–Crippen LogP) is 3.82. The van der Waals surface area contributed by atoms with Gasteiger partial charge in [-0.1, -0.05) is 18.2 Å². The summed E-state index contributed by atoms with van der Waals surface area (Å²) in [5, 5.41) is 3.83. The molecule has 23 heavy (non-hydrogen) atoms.